The van der Waals surface area contributed by atoms with Crippen molar-refractivity contribution in [3.05, 3.63) is 0 Å². The van der Waals surface area contributed by atoms with Crippen LogP contribution in [0.25, 0.3) is 0 Å². The first-order valence-corrected chi connectivity index (χ1v) is 4.22. The summed E-state index contributed by atoms with van der Waals surface area (Å²) in [6.07, 6.45) is -7.11. The van der Waals surface area contributed by atoms with Gasteiger partial charge in [-0.25, -0.2) is 8.78 Å². The summed E-state index contributed by atoms with van der Waals surface area (Å²) in [7, 11) is 0. The van der Waals surface area contributed by atoms with Crippen molar-refractivity contribution in [2.24, 2.45) is 0 Å². The monoisotopic (exact) mass is 354 g/mol. The zero-order chi connectivity index (χ0) is 17.0. The summed E-state index contributed by atoms with van der Waals surface area (Å²) < 4.78 is 147. The second-order valence-corrected chi connectivity index (χ2v) is 3.70. The first kappa shape index (κ1) is 23.4. The molecule has 0 aromatic carbocycles. The molecule has 0 rings (SSSR count). The first-order valence-electron chi connectivity index (χ1n) is 4.22. The molecule has 0 N–H and O–H groups in total. The van der Waals surface area contributed by atoms with Gasteiger partial charge in [-0.05, 0) is 0 Å². The average molecular weight is 354 g/mol. The van der Waals surface area contributed by atoms with Gasteiger partial charge >= 0.3 is 59.2 Å². The van der Waals surface area contributed by atoms with Crippen LogP contribution >= 0.6 is 0 Å². The van der Waals surface area contributed by atoms with E-state index < -0.39 is 42.6 Å². The average Bonchev–Trinajstić information content (AvgIpc) is 2.12. The fourth-order valence-corrected chi connectivity index (χ4v) is 0.853. The van der Waals surface area contributed by atoms with Crippen molar-refractivity contribution in [1.29, 1.82) is 0 Å². The van der Waals surface area contributed by atoms with Crippen molar-refractivity contribution in [3.63, 3.8) is 0 Å². The SMILES string of the molecule is CC(F)(F)C(F)(F)C(F)(F)C(F)(F)C(F)(F)C([O-])(F)F.[Na+]. The Morgan fingerprint density at radius 3 is 0.952 bits per heavy atom. The minimum atomic E-state index is -7.74. The quantitative estimate of drug-likeness (QED) is 0.509. The van der Waals surface area contributed by atoms with E-state index in [0.717, 1.165) is 0 Å². The number of hydrogen-bond donors (Lipinski definition) is 0. The van der Waals surface area contributed by atoms with Gasteiger partial charge in [0.15, 0.2) is 0 Å². The predicted molar refractivity (Wildman–Crippen MR) is 35.4 cm³/mol. The van der Waals surface area contributed by atoms with E-state index in [2.05, 4.69) is 0 Å². The molecule has 1 nitrogen and oxygen atoms in total. The van der Waals surface area contributed by atoms with Gasteiger partial charge < -0.3 is 5.11 Å². The molecule has 14 heteroatoms. The minimum Gasteiger partial charge on any atom is -0.793 e. The third kappa shape index (κ3) is 3.24. The van der Waals surface area contributed by atoms with E-state index >= 15 is 0 Å². The van der Waals surface area contributed by atoms with Crippen LogP contribution in [0.3, 0.4) is 0 Å². The molecule has 122 valence electrons. The fourth-order valence-electron chi connectivity index (χ4n) is 0.853. The topological polar surface area (TPSA) is 23.1 Å². The maximum absolute atomic E-state index is 12.6. The molecule has 0 fully saturated rings. The Balaban J connectivity index is 0. The van der Waals surface area contributed by atoms with Crippen LogP contribution in [-0.4, -0.2) is 35.7 Å². The molecule has 0 heterocycles. The molecule has 0 aliphatic carbocycles. The number of hydrogen-bond acceptors (Lipinski definition) is 1. The van der Waals surface area contributed by atoms with Crippen LogP contribution in [0.2, 0.25) is 0 Å². The van der Waals surface area contributed by atoms with Gasteiger partial charge in [0.25, 0.3) is 6.11 Å². The molecule has 0 aliphatic rings. The molecule has 0 bridgehead atoms. The molecule has 0 saturated heterocycles. The molecular formula is C7H3F12NaO. The molecule has 0 aromatic rings. The standard InChI is InChI=1S/C7H3F12O.Na/c1-2(8,9)3(10,11)4(12,13)5(14,15)6(16,17)7(18,19)20;/h1H3;/q-1;+1. The van der Waals surface area contributed by atoms with Crippen molar-refractivity contribution in [1.82, 2.24) is 0 Å². The van der Waals surface area contributed by atoms with Crippen molar-refractivity contribution >= 4 is 0 Å². The van der Waals surface area contributed by atoms with Gasteiger partial charge in [0.05, 0.1) is 0 Å². The molecule has 0 atom stereocenters. The van der Waals surface area contributed by atoms with Crippen molar-refractivity contribution < 1.29 is 87.3 Å². The van der Waals surface area contributed by atoms with Crippen molar-refractivity contribution in [2.45, 2.75) is 42.6 Å². The summed E-state index contributed by atoms with van der Waals surface area (Å²) in [5.74, 6) is -36.0. The van der Waals surface area contributed by atoms with Crippen LogP contribution < -0.4 is 34.7 Å². The van der Waals surface area contributed by atoms with Crippen LogP contribution in [0.1, 0.15) is 6.92 Å². The Hall–Kier alpha value is 0.120. The maximum Gasteiger partial charge on any atom is 1.00 e. The van der Waals surface area contributed by atoms with E-state index in [1.54, 1.807) is 0 Å². The Labute approximate surface area is 130 Å². The van der Waals surface area contributed by atoms with E-state index in [9.17, 15) is 57.8 Å². The molecule has 0 radical (unpaired) electrons. The Morgan fingerprint density at radius 1 is 0.524 bits per heavy atom. The van der Waals surface area contributed by atoms with Crippen LogP contribution in [-0.2, 0) is 0 Å². The van der Waals surface area contributed by atoms with Crippen LogP contribution in [0.15, 0.2) is 0 Å². The van der Waals surface area contributed by atoms with Crippen LogP contribution in [0.4, 0.5) is 52.7 Å². The smallest absolute Gasteiger partial charge is 0.793 e. The van der Waals surface area contributed by atoms with Gasteiger partial charge in [-0.2, -0.15) is 43.9 Å². The van der Waals surface area contributed by atoms with Gasteiger partial charge in [0.1, 0.15) is 0 Å². The first-order chi connectivity index (χ1) is 8.25. The second-order valence-electron chi connectivity index (χ2n) is 3.70. The molecule has 0 aliphatic heterocycles. The largest absolute Gasteiger partial charge is 1.00 e. The summed E-state index contributed by atoms with van der Waals surface area (Å²) in [5, 5.41) is 9.47. The number of halogens is 12. The third-order valence-corrected chi connectivity index (χ3v) is 2.10. The molecular weight excluding hydrogens is 351 g/mol. The fraction of sp³-hybridized carbons (Fsp3) is 1.00. The Kier molecular flexibility index (Phi) is 6.28. The van der Waals surface area contributed by atoms with Gasteiger partial charge in [-0.1, -0.05) is 0 Å². The van der Waals surface area contributed by atoms with Gasteiger partial charge in [-0.3, -0.25) is 0 Å². The second kappa shape index (κ2) is 5.64. The molecule has 0 saturated carbocycles. The molecule has 21 heavy (non-hydrogen) atoms. The van der Waals surface area contributed by atoms with E-state index in [-0.39, 0.29) is 29.6 Å². The summed E-state index contributed by atoms with van der Waals surface area (Å²) in [6.45, 7) is -1.02. The van der Waals surface area contributed by atoms with E-state index in [1.165, 1.54) is 0 Å². The number of alkyl halides is 12. The van der Waals surface area contributed by atoms with Crippen molar-refractivity contribution in [2.75, 3.05) is 0 Å². The van der Waals surface area contributed by atoms with E-state index in [1.807, 2.05) is 0 Å². The van der Waals surface area contributed by atoms with E-state index in [0.29, 0.717) is 0 Å². The summed E-state index contributed by atoms with van der Waals surface area (Å²) in [5.41, 5.74) is 0. The summed E-state index contributed by atoms with van der Waals surface area (Å²) >= 11 is 0. The zero-order valence-corrected chi connectivity index (χ0v) is 11.9. The Morgan fingerprint density at radius 2 is 0.762 bits per heavy atom. The molecule has 0 unspecified atom stereocenters. The van der Waals surface area contributed by atoms with Crippen molar-refractivity contribution in [3.8, 4) is 0 Å². The predicted octanol–water partition coefficient (Wildman–Crippen LogP) is 0.140. The van der Waals surface area contributed by atoms with Crippen LogP contribution in [0.5, 0.6) is 0 Å². The van der Waals surface area contributed by atoms with Gasteiger partial charge in [0.2, 0.25) is 0 Å². The normalized spacial score (nSPS) is 15.7. The number of rotatable bonds is 5. The summed E-state index contributed by atoms with van der Waals surface area (Å²) in [4.78, 5) is 0. The van der Waals surface area contributed by atoms with Gasteiger partial charge in [0, 0.05) is 6.92 Å². The van der Waals surface area contributed by atoms with E-state index in [4.69, 9.17) is 0 Å². The molecule has 0 amide bonds. The van der Waals surface area contributed by atoms with Crippen LogP contribution in [0, 0.1) is 0 Å². The van der Waals surface area contributed by atoms with Gasteiger partial charge in [-0.15, -0.1) is 0 Å². The maximum atomic E-state index is 12.6. The third-order valence-electron chi connectivity index (χ3n) is 2.10. The zero-order valence-electron chi connectivity index (χ0n) is 9.94. The Bertz CT molecular complexity index is 331. The molecule has 0 spiro atoms. The molecule has 0 aromatic heterocycles. The minimum absolute atomic E-state index is 0. The summed E-state index contributed by atoms with van der Waals surface area (Å²) in [6, 6.07) is 0.